The van der Waals surface area contributed by atoms with Crippen LogP contribution < -0.4 is 25.2 Å². The molecule has 1 saturated heterocycles. The first-order chi connectivity index (χ1) is 15.9. The van der Waals surface area contributed by atoms with E-state index in [0.29, 0.717) is 16.8 Å². The summed E-state index contributed by atoms with van der Waals surface area (Å²) in [5, 5.41) is 6.93. The Labute approximate surface area is 199 Å². The van der Waals surface area contributed by atoms with Crippen LogP contribution in [0.2, 0.25) is 5.02 Å². The third-order valence-corrected chi connectivity index (χ3v) is 5.78. The first-order valence-corrected chi connectivity index (χ1v) is 11.1. The highest BCUT2D eigenvalue weighted by Gasteiger charge is 2.17. The molecule has 0 atom stereocenters. The normalized spacial score (nSPS) is 14.2. The maximum atomic E-state index is 6.37. The molecular weight excluding hydrogens is 440 g/mol. The first-order valence-electron chi connectivity index (χ1n) is 10.7. The topological polar surface area (TPSA) is 81.7 Å². The Morgan fingerprint density at radius 1 is 1.03 bits per heavy atom. The summed E-state index contributed by atoms with van der Waals surface area (Å²) in [6.45, 7) is 4.07. The minimum atomic E-state index is 0.405. The van der Waals surface area contributed by atoms with E-state index in [-0.39, 0.29) is 0 Å². The average Bonchev–Trinajstić information content (AvgIpc) is 2.82. The number of aromatic nitrogens is 3. The van der Waals surface area contributed by atoms with Crippen LogP contribution in [-0.2, 0) is 0 Å². The highest BCUT2D eigenvalue weighted by atomic mass is 35.5. The number of benzene rings is 1. The van der Waals surface area contributed by atoms with Gasteiger partial charge in [-0.15, -0.1) is 0 Å². The molecule has 2 aromatic heterocycles. The molecule has 174 valence electrons. The van der Waals surface area contributed by atoms with Crippen LogP contribution in [0.4, 0.5) is 34.6 Å². The molecule has 1 aromatic carbocycles. The van der Waals surface area contributed by atoms with Gasteiger partial charge >= 0.3 is 0 Å². The van der Waals surface area contributed by atoms with Crippen molar-refractivity contribution in [3.05, 3.63) is 47.7 Å². The maximum Gasteiger partial charge on any atom is 0.229 e. The van der Waals surface area contributed by atoms with Crippen LogP contribution in [0.15, 0.2) is 42.7 Å². The predicted molar refractivity (Wildman–Crippen MR) is 135 cm³/mol. The van der Waals surface area contributed by atoms with Gasteiger partial charge in [0.1, 0.15) is 10.8 Å². The van der Waals surface area contributed by atoms with Gasteiger partial charge in [-0.1, -0.05) is 11.6 Å². The Balaban J connectivity index is 1.55. The third kappa shape index (κ3) is 5.37. The molecule has 0 aliphatic carbocycles. The van der Waals surface area contributed by atoms with E-state index >= 15 is 0 Å². The monoisotopic (exact) mass is 468 g/mol. The smallest absolute Gasteiger partial charge is 0.229 e. The molecule has 3 aromatic rings. The predicted octanol–water partition coefficient (Wildman–Crippen LogP) is 3.84. The summed E-state index contributed by atoms with van der Waals surface area (Å²) in [6, 6.07) is 9.90. The van der Waals surface area contributed by atoms with Crippen LogP contribution >= 0.6 is 11.6 Å². The van der Waals surface area contributed by atoms with E-state index in [2.05, 4.69) is 48.5 Å². The molecule has 1 aliphatic heterocycles. The summed E-state index contributed by atoms with van der Waals surface area (Å²) in [7, 11) is 7.67. The molecule has 0 spiro atoms. The van der Waals surface area contributed by atoms with Gasteiger partial charge in [-0.3, -0.25) is 0 Å². The highest BCUT2D eigenvalue weighted by Crippen LogP contribution is 2.33. The molecule has 0 unspecified atom stereocenters. The molecule has 3 heterocycles. The van der Waals surface area contributed by atoms with Crippen molar-refractivity contribution in [2.45, 2.75) is 0 Å². The van der Waals surface area contributed by atoms with Gasteiger partial charge in [0.15, 0.2) is 11.6 Å². The Kier molecular flexibility index (Phi) is 7.00. The molecule has 10 heteroatoms. The maximum absolute atomic E-state index is 6.37. The number of nitrogens with one attached hydrogen (secondary N) is 2. The number of likely N-dealkylation sites (N-methyl/N-ethyl adjacent to an activating group) is 1. The molecular formula is C23H29ClN8O. The number of nitrogens with zero attached hydrogens (tertiary/aromatic N) is 6. The van der Waals surface area contributed by atoms with Gasteiger partial charge in [-0.2, -0.15) is 4.98 Å². The van der Waals surface area contributed by atoms with Crippen LogP contribution in [-0.4, -0.2) is 74.3 Å². The molecule has 4 rings (SSSR count). The van der Waals surface area contributed by atoms with Crippen molar-refractivity contribution in [2.75, 3.05) is 74.9 Å². The lowest BCUT2D eigenvalue weighted by Crippen LogP contribution is -2.44. The average molecular weight is 469 g/mol. The molecule has 9 nitrogen and oxygen atoms in total. The number of hydrogen-bond donors (Lipinski definition) is 2. The molecule has 0 radical (unpaired) electrons. The summed E-state index contributed by atoms with van der Waals surface area (Å²) >= 11 is 6.37. The van der Waals surface area contributed by atoms with E-state index in [0.717, 1.165) is 54.8 Å². The van der Waals surface area contributed by atoms with Crippen molar-refractivity contribution >= 4 is 46.2 Å². The second-order valence-electron chi connectivity index (χ2n) is 8.08. The number of methoxy groups -OCH3 is 1. The first kappa shape index (κ1) is 22.9. The zero-order valence-electron chi connectivity index (χ0n) is 19.3. The standard InChI is InChI=1S/C23H29ClN8O/c1-30(2)22-19(6-5-9-25-22)27-21-17(24)15-26-23(29-21)28-18-8-7-16(14-20(18)33-4)32-12-10-31(3)11-13-32/h5-9,14-15H,10-13H2,1-4H3,(H2,26,27,28,29). The van der Waals surface area contributed by atoms with Crippen molar-refractivity contribution < 1.29 is 4.74 Å². The molecule has 0 bridgehead atoms. The van der Waals surface area contributed by atoms with Crippen LogP contribution in [0.3, 0.4) is 0 Å². The van der Waals surface area contributed by atoms with Gasteiger partial charge in [0, 0.05) is 58.2 Å². The molecule has 0 saturated carbocycles. The number of anilines is 6. The van der Waals surface area contributed by atoms with Crippen molar-refractivity contribution in [1.82, 2.24) is 19.9 Å². The Morgan fingerprint density at radius 3 is 2.55 bits per heavy atom. The summed E-state index contributed by atoms with van der Waals surface area (Å²) in [4.78, 5) is 19.9. The minimum absolute atomic E-state index is 0.405. The molecule has 33 heavy (non-hydrogen) atoms. The summed E-state index contributed by atoms with van der Waals surface area (Å²) in [5.74, 6) is 2.39. The lowest BCUT2D eigenvalue weighted by Gasteiger charge is -2.34. The Bertz CT molecular complexity index is 1100. The van der Waals surface area contributed by atoms with Crippen LogP contribution in [0.1, 0.15) is 0 Å². The number of hydrogen-bond acceptors (Lipinski definition) is 9. The molecule has 1 fully saturated rings. The lowest BCUT2D eigenvalue weighted by molar-refractivity contribution is 0.312. The van der Waals surface area contributed by atoms with E-state index in [4.69, 9.17) is 16.3 Å². The minimum Gasteiger partial charge on any atom is -0.494 e. The second kappa shape index (κ2) is 10.1. The fraction of sp³-hybridized carbons (Fsp3) is 0.348. The molecule has 0 amide bonds. The molecule has 2 N–H and O–H groups in total. The molecule has 1 aliphatic rings. The van der Waals surface area contributed by atoms with E-state index in [1.165, 1.54) is 0 Å². The lowest BCUT2D eigenvalue weighted by atomic mass is 10.2. The van der Waals surface area contributed by atoms with Crippen LogP contribution in [0, 0.1) is 0 Å². The summed E-state index contributed by atoms with van der Waals surface area (Å²) in [5.41, 5.74) is 2.71. The zero-order valence-corrected chi connectivity index (χ0v) is 20.1. The quantitative estimate of drug-likeness (QED) is 0.537. The van der Waals surface area contributed by atoms with E-state index in [1.807, 2.05) is 43.3 Å². The van der Waals surface area contributed by atoms with Gasteiger partial charge in [0.25, 0.3) is 0 Å². The zero-order chi connectivity index (χ0) is 23.4. The largest absolute Gasteiger partial charge is 0.494 e. The fourth-order valence-electron chi connectivity index (χ4n) is 3.66. The van der Waals surface area contributed by atoms with Gasteiger partial charge in [0.2, 0.25) is 5.95 Å². The highest BCUT2D eigenvalue weighted by molar-refractivity contribution is 6.33. The van der Waals surface area contributed by atoms with Crippen molar-refractivity contribution in [3.8, 4) is 5.75 Å². The second-order valence-corrected chi connectivity index (χ2v) is 8.49. The van der Waals surface area contributed by atoms with E-state index < -0.39 is 0 Å². The Hall–Kier alpha value is -3.30. The van der Waals surface area contributed by atoms with Crippen molar-refractivity contribution in [2.24, 2.45) is 0 Å². The van der Waals surface area contributed by atoms with E-state index in [9.17, 15) is 0 Å². The number of piperazine rings is 1. The fourth-order valence-corrected chi connectivity index (χ4v) is 3.80. The summed E-state index contributed by atoms with van der Waals surface area (Å²) < 4.78 is 5.65. The number of pyridine rings is 1. The van der Waals surface area contributed by atoms with Crippen LogP contribution in [0.5, 0.6) is 5.75 Å². The SMILES string of the molecule is COc1cc(N2CCN(C)CC2)ccc1Nc1ncc(Cl)c(Nc2cccnc2N(C)C)n1. The summed E-state index contributed by atoms with van der Waals surface area (Å²) in [6.07, 6.45) is 3.31. The van der Waals surface area contributed by atoms with Crippen molar-refractivity contribution in [1.29, 1.82) is 0 Å². The number of ether oxygens (including phenoxy) is 1. The van der Waals surface area contributed by atoms with Gasteiger partial charge in [0.05, 0.1) is 24.7 Å². The van der Waals surface area contributed by atoms with Gasteiger partial charge in [-0.25, -0.2) is 9.97 Å². The van der Waals surface area contributed by atoms with Crippen molar-refractivity contribution in [3.63, 3.8) is 0 Å². The Morgan fingerprint density at radius 2 is 1.82 bits per heavy atom. The number of rotatable bonds is 7. The third-order valence-electron chi connectivity index (χ3n) is 5.51. The number of halogens is 1. The van der Waals surface area contributed by atoms with Crippen LogP contribution in [0.25, 0.3) is 0 Å². The van der Waals surface area contributed by atoms with Gasteiger partial charge in [-0.05, 0) is 31.3 Å². The van der Waals surface area contributed by atoms with E-state index in [1.54, 1.807) is 19.5 Å². The van der Waals surface area contributed by atoms with Gasteiger partial charge < -0.3 is 30.1 Å².